The van der Waals surface area contributed by atoms with Gasteiger partial charge in [-0.3, -0.25) is 0 Å². The van der Waals surface area contributed by atoms with Crippen molar-refractivity contribution in [1.29, 1.82) is 0 Å². The summed E-state index contributed by atoms with van der Waals surface area (Å²) in [6, 6.07) is 75.6. The number of fused-ring (bicyclic) bond motifs is 2. The van der Waals surface area contributed by atoms with Gasteiger partial charge in [0, 0.05) is 44.2 Å². The van der Waals surface area contributed by atoms with E-state index >= 15 is 0 Å². The Morgan fingerprint density at radius 1 is 0.272 bits per heavy atom. The third-order valence-electron chi connectivity index (χ3n) is 13.3. The third-order valence-corrected chi connectivity index (χ3v) is 16.9. The minimum Gasteiger partial charge on any atom is -0.507 e. The first-order valence-electron chi connectivity index (χ1n) is 26.7. The number of aromatic hydroxyl groups is 1. The monoisotopic (exact) mass is 1320 g/mol. The lowest BCUT2D eigenvalue weighted by atomic mass is 9.97. The van der Waals surface area contributed by atoms with Gasteiger partial charge in [0.1, 0.15) is 5.75 Å². The molecule has 0 saturated carbocycles. The van der Waals surface area contributed by atoms with Gasteiger partial charge in [-0.05, 0) is 51.2 Å². The molecule has 0 aliphatic carbocycles. The van der Waals surface area contributed by atoms with Crippen molar-refractivity contribution in [1.82, 2.24) is 29.9 Å². The summed E-state index contributed by atoms with van der Waals surface area (Å²) in [5.74, 6) is 3.31. The Balaban J connectivity index is 0.000000167. The van der Waals surface area contributed by atoms with E-state index in [-0.39, 0.29) is 11.1 Å². The van der Waals surface area contributed by atoms with E-state index in [1.807, 2.05) is 192 Å². The second-order valence-electron chi connectivity index (χ2n) is 19.4. The van der Waals surface area contributed by atoms with Crippen molar-refractivity contribution in [3.63, 3.8) is 0 Å². The number of hydrogen-bond donors (Lipinski definition) is 1. The predicted octanol–water partition coefficient (Wildman–Crippen LogP) is 16.0. The van der Waals surface area contributed by atoms with E-state index in [1.165, 1.54) is 18.2 Å². The average Bonchev–Trinajstić information content (AvgIpc) is 0.984. The summed E-state index contributed by atoms with van der Waals surface area (Å²) in [4.78, 5) is 28.5. The highest BCUT2D eigenvalue weighted by molar-refractivity contribution is 8.00. The van der Waals surface area contributed by atoms with Gasteiger partial charge >= 0.3 is 46.9 Å². The van der Waals surface area contributed by atoms with Crippen molar-refractivity contribution in [3.05, 3.63) is 243 Å². The number of nitrogens with zero attached hydrogens (tertiary/aromatic N) is 6. The first-order chi connectivity index (χ1) is 43.7. The van der Waals surface area contributed by atoms with Crippen molar-refractivity contribution >= 4 is 51.9 Å². The highest BCUT2D eigenvalue weighted by Crippen LogP contribution is 2.40. The lowest BCUT2D eigenvalue weighted by Crippen LogP contribution is -2.34. The van der Waals surface area contributed by atoms with E-state index in [0.29, 0.717) is 45.9 Å². The standard InChI is InChI=1S/C32H20F3N3O3S.C31H21N3O.C2F6O5S2/c33-32(34,35)42(39,40)41-28-20-19-25(26-13-7-8-14-27(26)28)21-15-17-24(18-16-21)31-37-29(22-9-3-1-4-10-22)36-30(38-31)23-11-5-2-6-12-23;35-28-20-19-25(26-13-7-8-14-27(26)28)21-15-17-24(18-16-21)31-33-29(22-9-3-1-4-10-22)32-30(34-31)23-11-5-2-6-12-23;3-1(4,5)14(9,10)13-15(11,12)2(6,7)8/h1-20H;1-20,35H;. The van der Waals surface area contributed by atoms with Crippen LogP contribution in [-0.2, 0) is 34.0 Å². The molecule has 0 aliphatic heterocycles. The average molecular weight is 1320 g/mol. The fourth-order valence-corrected chi connectivity index (χ4v) is 11.0. The van der Waals surface area contributed by atoms with Crippen molar-refractivity contribution in [2.24, 2.45) is 0 Å². The van der Waals surface area contributed by atoms with Crippen LogP contribution in [0, 0.1) is 0 Å². The molecule has 466 valence electrons. The lowest BCUT2D eigenvalue weighted by molar-refractivity contribution is -0.0586. The van der Waals surface area contributed by atoms with Gasteiger partial charge in [-0.25, -0.2) is 29.9 Å². The summed E-state index contributed by atoms with van der Waals surface area (Å²) >= 11 is 0. The Labute approximate surface area is 518 Å². The molecule has 0 aliphatic rings. The van der Waals surface area contributed by atoms with Crippen molar-refractivity contribution in [2.75, 3.05) is 0 Å². The molecule has 0 saturated heterocycles. The molecule has 0 bridgehead atoms. The SMILES string of the molecule is O=S(=O)(OS(=O)(=O)C(F)(F)F)C(F)(F)F.O=S(=O)(Oc1ccc(-c2ccc(-c3nc(-c4ccccc4)nc(-c4ccccc4)n3)cc2)c2ccccc12)C(F)(F)F.Oc1ccc(-c2ccc(-c3nc(-c4ccccc4)nc(-c4ccccc4)n3)cc2)c2ccccc12. The Bertz CT molecular complexity index is 4830. The molecule has 12 rings (SSSR count). The number of hydrogen-bond acceptors (Lipinski definition) is 15. The summed E-state index contributed by atoms with van der Waals surface area (Å²) in [6.07, 6.45) is 0. The van der Waals surface area contributed by atoms with E-state index in [0.717, 1.165) is 60.8 Å². The van der Waals surface area contributed by atoms with Crippen LogP contribution in [-0.4, -0.2) is 76.8 Å². The molecular weight excluding hydrogens is 1280 g/mol. The molecule has 0 radical (unpaired) electrons. The first-order valence-corrected chi connectivity index (χ1v) is 30.9. The molecule has 15 nitrogen and oxygen atoms in total. The molecule has 0 amide bonds. The number of benzene rings is 10. The molecule has 0 unspecified atom stereocenters. The van der Waals surface area contributed by atoms with Crippen LogP contribution in [0.15, 0.2) is 243 Å². The maximum atomic E-state index is 13.0. The highest BCUT2D eigenvalue weighted by Gasteiger charge is 2.57. The van der Waals surface area contributed by atoms with Gasteiger partial charge in [0.15, 0.2) is 40.7 Å². The van der Waals surface area contributed by atoms with E-state index in [2.05, 4.69) is 16.3 Å². The van der Waals surface area contributed by atoms with Crippen molar-refractivity contribution < 1.29 is 77.7 Å². The molecular formula is C65H41F9N6O9S3. The van der Waals surface area contributed by atoms with Crippen molar-refractivity contribution in [3.8, 4) is 102 Å². The largest absolute Gasteiger partial charge is 0.534 e. The molecule has 1 N–H and O–H groups in total. The van der Waals surface area contributed by atoms with E-state index in [9.17, 15) is 69.9 Å². The second-order valence-corrected chi connectivity index (χ2v) is 24.2. The fourth-order valence-electron chi connectivity index (χ4n) is 8.96. The number of halogens is 9. The van der Waals surface area contributed by atoms with Gasteiger partial charge in [-0.2, -0.15) is 64.8 Å². The Morgan fingerprint density at radius 3 is 0.837 bits per heavy atom. The maximum absolute atomic E-state index is 13.0. The fraction of sp³-hybridized carbons (Fsp3) is 0.0462. The summed E-state index contributed by atoms with van der Waals surface area (Å²) in [7, 11) is -19.5. The van der Waals surface area contributed by atoms with Gasteiger partial charge in [0.2, 0.25) is 0 Å². The Kier molecular flexibility index (Phi) is 18.3. The van der Waals surface area contributed by atoms with Crippen LogP contribution in [0.25, 0.3) is 112 Å². The predicted molar refractivity (Wildman–Crippen MR) is 326 cm³/mol. The summed E-state index contributed by atoms with van der Waals surface area (Å²) in [6.45, 7) is 0. The smallest absolute Gasteiger partial charge is 0.507 e. The number of aromatic nitrogens is 6. The van der Waals surface area contributed by atoms with Crippen LogP contribution in [0.4, 0.5) is 39.5 Å². The van der Waals surface area contributed by atoms with Crippen LogP contribution in [0.5, 0.6) is 11.5 Å². The van der Waals surface area contributed by atoms with Gasteiger partial charge in [-0.1, -0.05) is 224 Å². The van der Waals surface area contributed by atoms with Crippen LogP contribution in [0.3, 0.4) is 0 Å². The molecule has 0 atom stereocenters. The molecule has 2 aromatic heterocycles. The molecule has 27 heteroatoms. The normalized spacial score (nSPS) is 12.1. The molecule has 12 aromatic rings. The molecule has 0 spiro atoms. The van der Waals surface area contributed by atoms with Gasteiger partial charge in [0.05, 0.1) is 0 Å². The number of alkyl halides is 9. The molecule has 0 fully saturated rings. The van der Waals surface area contributed by atoms with E-state index < -0.39 is 52.6 Å². The first kappa shape index (κ1) is 64.5. The molecule has 10 aromatic carbocycles. The van der Waals surface area contributed by atoms with Crippen LogP contribution in [0.1, 0.15) is 0 Å². The quantitative estimate of drug-likeness (QED) is 0.0683. The van der Waals surface area contributed by atoms with Crippen LogP contribution in [0.2, 0.25) is 0 Å². The number of phenolic OH excluding ortho intramolecular Hbond substituents is 1. The summed E-state index contributed by atoms with van der Waals surface area (Å²) in [5.41, 5.74) is -9.28. The minimum atomic E-state index is -6.85. The lowest BCUT2D eigenvalue weighted by Gasteiger charge is -2.14. The molecule has 92 heavy (non-hydrogen) atoms. The topological polar surface area (TPSA) is 218 Å². The van der Waals surface area contributed by atoms with Gasteiger partial charge in [0.25, 0.3) is 0 Å². The summed E-state index contributed by atoms with van der Waals surface area (Å²) < 4.78 is 177. The zero-order valence-electron chi connectivity index (χ0n) is 46.6. The number of rotatable bonds is 12. The minimum absolute atomic E-state index is 0.226. The zero-order valence-corrected chi connectivity index (χ0v) is 49.1. The second kappa shape index (κ2) is 26.2. The Hall–Kier alpha value is -10.5. The third kappa shape index (κ3) is 14.6. The number of phenols is 1. The highest BCUT2D eigenvalue weighted by atomic mass is 32.3. The van der Waals surface area contributed by atoms with Gasteiger partial charge < -0.3 is 9.29 Å². The maximum Gasteiger partial charge on any atom is 0.534 e. The summed E-state index contributed by atoms with van der Waals surface area (Å²) in [5, 5.41) is 12.9. The van der Waals surface area contributed by atoms with Gasteiger partial charge in [-0.15, -0.1) is 3.63 Å². The Morgan fingerprint density at radius 2 is 0.522 bits per heavy atom. The van der Waals surface area contributed by atoms with Crippen LogP contribution >= 0.6 is 0 Å². The van der Waals surface area contributed by atoms with E-state index in [4.69, 9.17) is 29.9 Å². The van der Waals surface area contributed by atoms with E-state index in [1.54, 1.807) is 24.3 Å². The zero-order chi connectivity index (χ0) is 65.6. The van der Waals surface area contributed by atoms with Crippen LogP contribution < -0.4 is 4.18 Å². The van der Waals surface area contributed by atoms with Crippen molar-refractivity contribution in [2.45, 2.75) is 16.5 Å². The molecule has 2 heterocycles.